The highest BCUT2D eigenvalue weighted by atomic mass is 79.9. The van der Waals surface area contributed by atoms with Crippen LogP contribution in [0.3, 0.4) is 0 Å². The summed E-state index contributed by atoms with van der Waals surface area (Å²) < 4.78 is 12.8. The minimum absolute atomic E-state index is 0.0817. The highest BCUT2D eigenvalue weighted by molar-refractivity contribution is 9.11. The summed E-state index contributed by atoms with van der Waals surface area (Å²) in [6.45, 7) is 3.48. The molecule has 4 aliphatic heterocycles. The molecule has 254 valence electrons. The van der Waals surface area contributed by atoms with Crippen molar-refractivity contribution < 1.29 is 33.8 Å². The molecule has 10 nitrogen and oxygen atoms in total. The molecule has 0 saturated carbocycles. The van der Waals surface area contributed by atoms with Gasteiger partial charge < -0.3 is 29.7 Å². The number of amides is 3. The summed E-state index contributed by atoms with van der Waals surface area (Å²) in [7, 11) is 0. The van der Waals surface area contributed by atoms with Gasteiger partial charge in [-0.2, -0.15) is 0 Å². The zero-order chi connectivity index (χ0) is 34.2. The second-order valence-electron chi connectivity index (χ2n) is 12.8. The number of allylic oxidation sites excluding steroid dienone is 1. The fourth-order valence-electron chi connectivity index (χ4n) is 7.45. The molecule has 2 aromatic rings. The lowest BCUT2D eigenvalue weighted by Gasteiger charge is -2.40. The van der Waals surface area contributed by atoms with E-state index < -0.39 is 65.4 Å². The van der Waals surface area contributed by atoms with E-state index >= 15 is 4.79 Å². The average Bonchev–Trinajstić information content (AvgIpc) is 3.68. The topological polar surface area (TPSA) is 125 Å². The smallest absolute Gasteiger partial charge is 0.306 e. The van der Waals surface area contributed by atoms with Crippen LogP contribution in [0.5, 0.6) is 0 Å². The number of aliphatic hydroxyl groups is 1. The van der Waals surface area contributed by atoms with E-state index in [0.717, 1.165) is 5.56 Å². The lowest BCUT2D eigenvalue weighted by atomic mass is 9.74. The lowest BCUT2D eigenvalue weighted by molar-refractivity contribution is -0.147. The van der Waals surface area contributed by atoms with Gasteiger partial charge in [-0.15, -0.1) is 0 Å². The second-order valence-corrected chi connectivity index (χ2v) is 14.1. The molecular formula is C36H39BrClN3O7. The zero-order valence-corrected chi connectivity index (χ0v) is 29.1. The number of esters is 1. The zero-order valence-electron chi connectivity index (χ0n) is 26.8. The van der Waals surface area contributed by atoms with Gasteiger partial charge in [-0.25, -0.2) is 0 Å². The molecule has 12 heteroatoms. The molecule has 6 rings (SSSR count). The van der Waals surface area contributed by atoms with Crippen LogP contribution in [0.4, 0.5) is 5.69 Å². The van der Waals surface area contributed by atoms with Gasteiger partial charge in [0.15, 0.2) is 0 Å². The standard InChI is InChI=1S/C36H39BrClN3O7/c1-3-21(2)27(19-42)41-32-35(46)40(26-15-10-9-14-24(26)38)17-11-5-8-16-28(43)47-20-25(22-12-6-4-7-13-22)39-33(44)29-30(34(41)45)36(32)18-23(37)31(29)48-36/h4-7,9-15,18,21,25,27,29-32,42H,3,8,16-17,19-20H2,1-2H3,(H,39,44)/b11-5-/t21-,25-,27-,29-,30+,31-,32-,36+/m0/s1. The predicted molar refractivity (Wildman–Crippen MR) is 183 cm³/mol. The Bertz CT molecular complexity index is 1640. The molecular weight excluding hydrogens is 702 g/mol. The minimum Gasteiger partial charge on any atom is -0.463 e. The van der Waals surface area contributed by atoms with Gasteiger partial charge in [0.25, 0.3) is 5.91 Å². The third kappa shape index (κ3) is 5.99. The van der Waals surface area contributed by atoms with Gasteiger partial charge >= 0.3 is 5.97 Å². The lowest BCUT2D eigenvalue weighted by Crippen LogP contribution is -2.59. The quantitative estimate of drug-likeness (QED) is 0.325. The molecule has 0 radical (unpaired) electrons. The fourth-order valence-corrected chi connectivity index (χ4v) is 8.43. The van der Waals surface area contributed by atoms with Crippen molar-refractivity contribution in [3.05, 3.63) is 87.9 Å². The van der Waals surface area contributed by atoms with Crippen molar-refractivity contribution >= 4 is 56.9 Å². The predicted octanol–water partition coefficient (Wildman–Crippen LogP) is 4.70. The van der Waals surface area contributed by atoms with Gasteiger partial charge in [-0.3, -0.25) is 19.2 Å². The monoisotopic (exact) mass is 739 g/mol. The first kappa shape index (κ1) is 34.4. The highest BCUT2D eigenvalue weighted by Crippen LogP contribution is 2.59. The van der Waals surface area contributed by atoms with E-state index in [-0.39, 0.29) is 32.1 Å². The van der Waals surface area contributed by atoms with Gasteiger partial charge in [0, 0.05) is 17.4 Å². The van der Waals surface area contributed by atoms with Crippen molar-refractivity contribution in [1.82, 2.24) is 10.2 Å². The number of rotatable bonds is 6. The number of halogens is 2. The number of likely N-dealkylation sites (tertiary alicyclic amines) is 1. The molecule has 0 unspecified atom stereocenters. The summed E-state index contributed by atoms with van der Waals surface area (Å²) in [6.07, 6.45) is 5.59. The maximum Gasteiger partial charge on any atom is 0.306 e. The van der Waals surface area contributed by atoms with Crippen molar-refractivity contribution in [3.63, 3.8) is 0 Å². The van der Waals surface area contributed by atoms with E-state index in [1.165, 1.54) is 9.80 Å². The van der Waals surface area contributed by atoms with Crippen LogP contribution in [0.25, 0.3) is 0 Å². The number of hydrogen-bond acceptors (Lipinski definition) is 7. The number of anilines is 1. The molecule has 4 aliphatic rings. The highest BCUT2D eigenvalue weighted by Gasteiger charge is 2.75. The van der Waals surface area contributed by atoms with E-state index in [9.17, 15) is 19.5 Å². The van der Waals surface area contributed by atoms with Crippen molar-refractivity contribution in [1.29, 1.82) is 0 Å². The van der Waals surface area contributed by atoms with Crippen LogP contribution < -0.4 is 10.2 Å². The number of para-hydroxylation sites is 1. The molecule has 8 atom stereocenters. The van der Waals surface area contributed by atoms with Crippen molar-refractivity contribution in [3.8, 4) is 0 Å². The number of cyclic esters (lactones) is 1. The van der Waals surface area contributed by atoms with Crippen molar-refractivity contribution in [2.75, 3.05) is 24.7 Å². The Morgan fingerprint density at radius 1 is 1.06 bits per heavy atom. The van der Waals surface area contributed by atoms with E-state index in [1.54, 1.807) is 42.5 Å². The maximum absolute atomic E-state index is 15.1. The van der Waals surface area contributed by atoms with Gasteiger partial charge in [0.05, 0.1) is 41.2 Å². The molecule has 1 spiro atoms. The number of aliphatic hydroxyl groups excluding tert-OH is 1. The van der Waals surface area contributed by atoms with Gasteiger partial charge in [-0.05, 0) is 36.1 Å². The Morgan fingerprint density at radius 2 is 1.79 bits per heavy atom. The third-order valence-electron chi connectivity index (χ3n) is 10.1. The molecule has 3 amide bonds. The Kier molecular flexibility index (Phi) is 10.1. The number of benzene rings is 2. The fraction of sp³-hybridized carbons (Fsp3) is 0.444. The third-order valence-corrected chi connectivity index (χ3v) is 11.1. The number of carbonyl (C=O) groups is 4. The number of nitrogens with one attached hydrogen (secondary N) is 1. The molecule has 0 aromatic heterocycles. The van der Waals surface area contributed by atoms with E-state index in [2.05, 4.69) is 21.2 Å². The summed E-state index contributed by atoms with van der Waals surface area (Å²) in [5.74, 6) is -4.06. The Labute approximate surface area is 293 Å². The molecule has 0 aliphatic carbocycles. The number of carbonyl (C=O) groups excluding carboxylic acids is 4. The first-order chi connectivity index (χ1) is 23.1. The normalized spacial score (nSPS) is 31.2. The maximum atomic E-state index is 15.1. The summed E-state index contributed by atoms with van der Waals surface area (Å²) >= 11 is 10.3. The molecule has 2 fully saturated rings. The number of ether oxygens (including phenoxy) is 2. The van der Waals surface area contributed by atoms with E-state index in [1.807, 2.05) is 44.2 Å². The summed E-state index contributed by atoms with van der Waals surface area (Å²) in [5.41, 5.74) is -0.352. The van der Waals surface area contributed by atoms with Gasteiger partial charge in [0.2, 0.25) is 11.8 Å². The van der Waals surface area contributed by atoms with Crippen molar-refractivity contribution in [2.24, 2.45) is 17.8 Å². The summed E-state index contributed by atoms with van der Waals surface area (Å²) in [5, 5.41) is 14.1. The molecule has 4 heterocycles. The second kappa shape index (κ2) is 14.2. The Balaban J connectivity index is 1.50. The van der Waals surface area contributed by atoms with Crippen LogP contribution in [0.2, 0.25) is 5.02 Å². The number of fused-ring (bicyclic) bond motifs is 2. The molecule has 2 saturated heterocycles. The molecule has 2 aromatic carbocycles. The minimum atomic E-state index is -1.51. The van der Waals surface area contributed by atoms with Crippen LogP contribution >= 0.6 is 27.5 Å². The van der Waals surface area contributed by atoms with E-state index in [4.69, 9.17) is 21.1 Å². The van der Waals surface area contributed by atoms with Gasteiger partial charge in [-0.1, -0.05) is 102 Å². The van der Waals surface area contributed by atoms with Crippen LogP contribution in [-0.2, 0) is 28.7 Å². The molecule has 5 bridgehead atoms. The first-order valence-corrected chi connectivity index (χ1v) is 17.5. The average molecular weight is 741 g/mol. The van der Waals surface area contributed by atoms with Crippen LogP contribution in [0, 0.1) is 17.8 Å². The number of hydrogen-bond donors (Lipinski definition) is 2. The largest absolute Gasteiger partial charge is 0.463 e. The Morgan fingerprint density at radius 3 is 2.50 bits per heavy atom. The van der Waals surface area contributed by atoms with Crippen LogP contribution in [0.15, 0.2) is 77.3 Å². The molecule has 2 N–H and O–H groups in total. The van der Waals surface area contributed by atoms with Gasteiger partial charge in [0.1, 0.15) is 24.4 Å². The van der Waals surface area contributed by atoms with E-state index in [0.29, 0.717) is 28.0 Å². The first-order valence-electron chi connectivity index (χ1n) is 16.3. The van der Waals surface area contributed by atoms with Crippen LogP contribution in [-0.4, -0.2) is 77.2 Å². The number of nitrogens with zero attached hydrogens (tertiary/aromatic N) is 2. The van der Waals surface area contributed by atoms with Crippen molar-refractivity contribution in [2.45, 2.75) is 62.9 Å². The SMILES string of the molecule is CC[C@H](C)[C@H](CO)N1C(=O)[C@H]2[C@@H]3C(=O)N[C@H](c4ccccc4)COC(=O)CC/C=C\CN(c4ccccc4Cl)C(=O)[C@H]1[C@@]21C=C(Br)[C@@H]3O1. The van der Waals surface area contributed by atoms with Crippen LogP contribution in [0.1, 0.15) is 44.7 Å². The summed E-state index contributed by atoms with van der Waals surface area (Å²) in [6, 6.07) is 13.5. The Hall–Kier alpha value is -3.51. The molecule has 48 heavy (non-hydrogen) atoms. The summed E-state index contributed by atoms with van der Waals surface area (Å²) in [4.78, 5) is 60.0.